The number of carboxylic acid groups (broad SMARTS) is 1. The van der Waals surface area contributed by atoms with E-state index in [1.807, 2.05) is 24.3 Å². The summed E-state index contributed by atoms with van der Waals surface area (Å²) >= 11 is 5.92. The van der Waals surface area contributed by atoms with Crippen molar-refractivity contribution in [2.45, 2.75) is 13.0 Å². The van der Waals surface area contributed by atoms with Gasteiger partial charge in [0.25, 0.3) is 0 Å². The van der Waals surface area contributed by atoms with Crippen LogP contribution < -0.4 is 0 Å². The first kappa shape index (κ1) is 12.1. The molecule has 4 heteroatoms. The summed E-state index contributed by atoms with van der Waals surface area (Å²) in [6.07, 6.45) is 2.60. The van der Waals surface area contributed by atoms with E-state index in [9.17, 15) is 4.79 Å². The molecule has 3 nitrogen and oxygen atoms in total. The van der Waals surface area contributed by atoms with Crippen LogP contribution in [0.4, 0.5) is 0 Å². The van der Waals surface area contributed by atoms with E-state index >= 15 is 0 Å². The number of nitrogens with zero attached hydrogens (tertiary/aromatic N) is 1. The van der Waals surface area contributed by atoms with E-state index in [2.05, 4.69) is 4.90 Å². The largest absolute Gasteiger partial charge is 0.478 e. The number of rotatable bonds is 3. The van der Waals surface area contributed by atoms with E-state index in [4.69, 9.17) is 16.7 Å². The Morgan fingerprint density at radius 3 is 3.00 bits per heavy atom. The van der Waals surface area contributed by atoms with Gasteiger partial charge in [0, 0.05) is 30.2 Å². The molecule has 90 valence electrons. The molecule has 0 fully saturated rings. The first-order valence-electron chi connectivity index (χ1n) is 5.54. The molecule has 0 spiro atoms. The summed E-state index contributed by atoms with van der Waals surface area (Å²) in [6.45, 7) is 2.14. The van der Waals surface area contributed by atoms with E-state index in [1.165, 1.54) is 0 Å². The molecule has 0 saturated heterocycles. The zero-order chi connectivity index (χ0) is 12.3. The molecule has 0 aliphatic carbocycles. The number of hydrogen-bond acceptors (Lipinski definition) is 2. The lowest BCUT2D eigenvalue weighted by atomic mass is 10.1. The van der Waals surface area contributed by atoms with Gasteiger partial charge in [-0.25, -0.2) is 4.79 Å². The lowest BCUT2D eigenvalue weighted by Gasteiger charge is -2.25. The van der Waals surface area contributed by atoms with E-state index in [0.717, 1.165) is 25.1 Å². The van der Waals surface area contributed by atoms with Crippen molar-refractivity contribution in [2.75, 3.05) is 13.1 Å². The fourth-order valence-electron chi connectivity index (χ4n) is 1.99. The second-order valence-electron chi connectivity index (χ2n) is 4.16. The van der Waals surface area contributed by atoms with E-state index in [0.29, 0.717) is 17.1 Å². The zero-order valence-electron chi connectivity index (χ0n) is 9.40. The molecule has 0 aromatic heterocycles. The summed E-state index contributed by atoms with van der Waals surface area (Å²) < 4.78 is 0. The lowest BCUT2D eigenvalue weighted by molar-refractivity contribution is -0.133. The molecule has 0 atom stereocenters. The number of carbonyl (C=O) groups is 1. The van der Waals surface area contributed by atoms with Crippen molar-refractivity contribution >= 4 is 17.6 Å². The van der Waals surface area contributed by atoms with E-state index in [1.54, 1.807) is 6.08 Å². The monoisotopic (exact) mass is 251 g/mol. The van der Waals surface area contributed by atoms with E-state index < -0.39 is 5.97 Å². The summed E-state index contributed by atoms with van der Waals surface area (Å²) in [6, 6.07) is 7.67. The molecule has 0 saturated carbocycles. The highest BCUT2D eigenvalue weighted by atomic mass is 35.5. The topological polar surface area (TPSA) is 40.5 Å². The van der Waals surface area contributed by atoms with Gasteiger partial charge in [0.15, 0.2) is 0 Å². The first-order chi connectivity index (χ1) is 8.15. The zero-order valence-corrected chi connectivity index (χ0v) is 10.2. The third kappa shape index (κ3) is 3.32. The number of halogens is 1. The second-order valence-corrected chi connectivity index (χ2v) is 4.60. The van der Waals surface area contributed by atoms with Crippen LogP contribution in [0.2, 0.25) is 5.02 Å². The smallest absolute Gasteiger partial charge is 0.332 e. The van der Waals surface area contributed by atoms with Crippen molar-refractivity contribution in [3.8, 4) is 0 Å². The second kappa shape index (κ2) is 5.34. The van der Waals surface area contributed by atoms with Crippen LogP contribution in [0.15, 0.2) is 35.9 Å². The maximum Gasteiger partial charge on any atom is 0.332 e. The molecule has 0 unspecified atom stereocenters. The van der Waals surface area contributed by atoms with Crippen molar-refractivity contribution in [1.29, 1.82) is 0 Å². The van der Waals surface area contributed by atoms with Gasteiger partial charge in [-0.1, -0.05) is 29.8 Å². The highest BCUT2D eigenvalue weighted by Crippen LogP contribution is 2.16. The molecule has 2 rings (SSSR count). The Bertz CT molecular complexity index is 456. The quantitative estimate of drug-likeness (QED) is 0.898. The van der Waals surface area contributed by atoms with Crippen molar-refractivity contribution in [1.82, 2.24) is 4.90 Å². The van der Waals surface area contributed by atoms with Gasteiger partial charge >= 0.3 is 5.97 Å². The van der Waals surface area contributed by atoms with Crippen molar-refractivity contribution < 1.29 is 9.90 Å². The molecule has 1 N–H and O–H groups in total. The van der Waals surface area contributed by atoms with Gasteiger partial charge < -0.3 is 5.11 Å². The van der Waals surface area contributed by atoms with Gasteiger partial charge in [0.1, 0.15) is 0 Å². The lowest BCUT2D eigenvalue weighted by Crippen LogP contribution is -2.31. The van der Waals surface area contributed by atoms with Crippen molar-refractivity contribution in [3.05, 3.63) is 46.5 Å². The van der Waals surface area contributed by atoms with Crippen LogP contribution in [0.25, 0.3) is 0 Å². The van der Waals surface area contributed by atoms with Crippen LogP contribution in [-0.2, 0) is 11.3 Å². The van der Waals surface area contributed by atoms with Gasteiger partial charge in [-0.15, -0.1) is 0 Å². The van der Waals surface area contributed by atoms with Gasteiger partial charge in [-0.2, -0.15) is 0 Å². The third-order valence-electron chi connectivity index (χ3n) is 2.80. The molecule has 1 aromatic carbocycles. The highest BCUT2D eigenvalue weighted by molar-refractivity contribution is 6.30. The van der Waals surface area contributed by atoms with Gasteiger partial charge in [-0.05, 0) is 24.1 Å². The molecule has 0 radical (unpaired) electrons. The Hall–Kier alpha value is -1.32. The summed E-state index contributed by atoms with van der Waals surface area (Å²) in [5, 5.41) is 9.67. The standard InChI is InChI=1S/C13H14ClNO2/c14-12-5-1-3-10(7-12)8-15-6-2-4-11(9-15)13(16)17/h1,3-5,7H,2,6,8-9H2,(H,16,17). The fourth-order valence-corrected chi connectivity index (χ4v) is 2.20. The SMILES string of the molecule is O=C(O)C1=CCCN(Cc2cccc(Cl)c2)C1. The Labute approximate surface area is 105 Å². The Morgan fingerprint density at radius 1 is 1.47 bits per heavy atom. The highest BCUT2D eigenvalue weighted by Gasteiger charge is 2.17. The van der Waals surface area contributed by atoms with Gasteiger partial charge in [-0.3, -0.25) is 4.90 Å². The third-order valence-corrected chi connectivity index (χ3v) is 3.04. The fraction of sp³-hybridized carbons (Fsp3) is 0.308. The average Bonchev–Trinajstić information content (AvgIpc) is 2.29. The molecule has 1 aliphatic rings. The number of aliphatic carboxylic acids is 1. The van der Waals surface area contributed by atoms with Crippen LogP contribution in [0.5, 0.6) is 0 Å². The number of benzene rings is 1. The van der Waals surface area contributed by atoms with Crippen LogP contribution in [0.1, 0.15) is 12.0 Å². The van der Waals surface area contributed by atoms with Gasteiger partial charge in [0.2, 0.25) is 0 Å². The molecular weight excluding hydrogens is 238 g/mol. The Morgan fingerprint density at radius 2 is 2.29 bits per heavy atom. The molecule has 17 heavy (non-hydrogen) atoms. The van der Waals surface area contributed by atoms with Crippen LogP contribution in [0.3, 0.4) is 0 Å². The minimum atomic E-state index is -0.819. The Balaban J connectivity index is 2.01. The predicted molar refractivity (Wildman–Crippen MR) is 67.1 cm³/mol. The predicted octanol–water partition coefficient (Wildman–Crippen LogP) is 2.56. The summed E-state index contributed by atoms with van der Waals surface area (Å²) in [4.78, 5) is 13.0. The Kier molecular flexibility index (Phi) is 3.82. The van der Waals surface area contributed by atoms with Gasteiger partial charge in [0.05, 0.1) is 0 Å². The number of carboxylic acids is 1. The minimum absolute atomic E-state index is 0.485. The molecule has 1 aliphatic heterocycles. The molecule has 1 heterocycles. The molecule has 0 bridgehead atoms. The maximum absolute atomic E-state index is 10.9. The summed E-state index contributed by atoms with van der Waals surface area (Å²) in [5.74, 6) is -0.819. The summed E-state index contributed by atoms with van der Waals surface area (Å²) in [5.41, 5.74) is 1.60. The van der Waals surface area contributed by atoms with E-state index in [-0.39, 0.29) is 0 Å². The molecule has 1 aromatic rings. The van der Waals surface area contributed by atoms with Crippen molar-refractivity contribution in [2.24, 2.45) is 0 Å². The first-order valence-corrected chi connectivity index (χ1v) is 5.92. The van der Waals surface area contributed by atoms with Crippen LogP contribution >= 0.6 is 11.6 Å². The summed E-state index contributed by atoms with van der Waals surface area (Å²) in [7, 11) is 0. The van der Waals surface area contributed by atoms with Crippen molar-refractivity contribution in [3.63, 3.8) is 0 Å². The maximum atomic E-state index is 10.9. The molecular formula is C13H14ClNO2. The minimum Gasteiger partial charge on any atom is -0.478 e. The number of hydrogen-bond donors (Lipinski definition) is 1. The normalized spacial score (nSPS) is 16.6. The average molecular weight is 252 g/mol. The van der Waals surface area contributed by atoms with Crippen LogP contribution in [0, 0.1) is 0 Å². The van der Waals surface area contributed by atoms with Crippen LogP contribution in [-0.4, -0.2) is 29.1 Å². The molecule has 0 amide bonds.